The molecule has 104 valence electrons. The van der Waals surface area contributed by atoms with E-state index in [2.05, 4.69) is 10.1 Å². The fourth-order valence-electron chi connectivity index (χ4n) is 2.17. The molecule has 0 fully saturated rings. The van der Waals surface area contributed by atoms with Gasteiger partial charge in [0.1, 0.15) is 0 Å². The lowest BCUT2D eigenvalue weighted by molar-refractivity contribution is 0.103. The second-order valence-electron chi connectivity index (χ2n) is 4.81. The molecule has 0 aliphatic carbocycles. The van der Waals surface area contributed by atoms with Gasteiger partial charge in [-0.05, 0) is 18.6 Å². The van der Waals surface area contributed by atoms with Crippen molar-refractivity contribution in [1.29, 1.82) is 0 Å². The predicted molar refractivity (Wildman–Crippen MR) is 78.2 cm³/mol. The number of aromatic nitrogens is 2. The number of carbonyl (C=O) groups is 1. The third kappa shape index (κ3) is 3.05. The zero-order valence-corrected chi connectivity index (χ0v) is 11.6. The number of aryl methyl sites for hydroxylation is 1. The highest BCUT2D eigenvalue weighted by atomic mass is 16.5. The Morgan fingerprint density at radius 1 is 1.05 bits per heavy atom. The van der Waals surface area contributed by atoms with Crippen LogP contribution in [0.3, 0.4) is 0 Å². The minimum atomic E-state index is 0.0131. The highest BCUT2D eigenvalue weighted by Gasteiger charge is 2.10. The van der Waals surface area contributed by atoms with E-state index in [1.165, 1.54) is 0 Å². The lowest BCUT2D eigenvalue weighted by Gasteiger charge is -2.03. The van der Waals surface area contributed by atoms with Crippen molar-refractivity contribution >= 4 is 5.78 Å². The maximum Gasteiger partial charge on any atom is 0.231 e. The van der Waals surface area contributed by atoms with E-state index >= 15 is 0 Å². The first-order chi connectivity index (χ1) is 10.2. The minimum Gasteiger partial charge on any atom is -0.339 e. The smallest absolute Gasteiger partial charge is 0.231 e. The lowest BCUT2D eigenvalue weighted by Crippen LogP contribution is -2.02. The van der Waals surface area contributed by atoms with Gasteiger partial charge in [-0.1, -0.05) is 53.7 Å². The van der Waals surface area contributed by atoms with E-state index in [-0.39, 0.29) is 5.78 Å². The normalized spacial score (nSPS) is 10.5. The first kappa shape index (κ1) is 13.2. The Kier molecular flexibility index (Phi) is 3.60. The first-order valence-electron chi connectivity index (χ1n) is 6.70. The SMILES string of the molecule is Cc1noc(Cc2cccc(C(=O)c3ccccc3)c2)n1. The molecule has 0 aliphatic heterocycles. The molecular formula is C17H14N2O2. The van der Waals surface area contributed by atoms with E-state index in [1.54, 1.807) is 6.92 Å². The summed E-state index contributed by atoms with van der Waals surface area (Å²) in [5, 5.41) is 3.76. The van der Waals surface area contributed by atoms with Crippen LogP contribution in [0.25, 0.3) is 0 Å². The largest absolute Gasteiger partial charge is 0.339 e. The van der Waals surface area contributed by atoms with E-state index < -0.39 is 0 Å². The van der Waals surface area contributed by atoms with Crippen molar-refractivity contribution in [1.82, 2.24) is 10.1 Å². The molecule has 0 atom stereocenters. The number of hydrogen-bond donors (Lipinski definition) is 0. The van der Waals surface area contributed by atoms with Crippen LogP contribution in [0.5, 0.6) is 0 Å². The van der Waals surface area contributed by atoms with Gasteiger partial charge < -0.3 is 4.52 Å². The van der Waals surface area contributed by atoms with Crippen molar-refractivity contribution < 1.29 is 9.32 Å². The third-order valence-corrected chi connectivity index (χ3v) is 3.15. The molecular weight excluding hydrogens is 264 g/mol. The van der Waals surface area contributed by atoms with Crippen molar-refractivity contribution in [3.63, 3.8) is 0 Å². The first-order valence-corrected chi connectivity index (χ1v) is 6.70. The Balaban J connectivity index is 1.85. The van der Waals surface area contributed by atoms with Crippen molar-refractivity contribution in [2.45, 2.75) is 13.3 Å². The van der Waals surface area contributed by atoms with Crippen LogP contribution in [-0.4, -0.2) is 15.9 Å². The molecule has 0 N–H and O–H groups in total. The molecule has 0 aliphatic rings. The molecule has 0 saturated heterocycles. The molecule has 0 saturated carbocycles. The monoisotopic (exact) mass is 278 g/mol. The number of nitrogens with zero attached hydrogens (tertiary/aromatic N) is 2. The molecule has 3 aromatic rings. The molecule has 1 heterocycles. The summed E-state index contributed by atoms with van der Waals surface area (Å²) in [6.45, 7) is 1.78. The second kappa shape index (κ2) is 5.71. The van der Waals surface area contributed by atoms with Crippen molar-refractivity contribution in [2.24, 2.45) is 0 Å². The molecule has 0 bridgehead atoms. The molecule has 4 nitrogen and oxygen atoms in total. The Hall–Kier alpha value is -2.75. The lowest BCUT2D eigenvalue weighted by atomic mass is 10.0. The predicted octanol–water partition coefficient (Wildman–Crippen LogP) is 3.20. The van der Waals surface area contributed by atoms with Crippen LogP contribution in [0.15, 0.2) is 59.1 Å². The highest BCUT2D eigenvalue weighted by Crippen LogP contribution is 2.14. The van der Waals surface area contributed by atoms with E-state index in [1.807, 2.05) is 54.6 Å². The fourth-order valence-corrected chi connectivity index (χ4v) is 2.17. The van der Waals surface area contributed by atoms with Crippen molar-refractivity contribution in [3.05, 3.63) is 83.0 Å². The summed E-state index contributed by atoms with van der Waals surface area (Å²) in [6, 6.07) is 16.7. The van der Waals surface area contributed by atoms with Crippen LogP contribution < -0.4 is 0 Å². The summed E-state index contributed by atoms with van der Waals surface area (Å²) in [6.07, 6.45) is 0.525. The number of benzene rings is 2. The summed E-state index contributed by atoms with van der Waals surface area (Å²) in [4.78, 5) is 16.6. The second-order valence-corrected chi connectivity index (χ2v) is 4.81. The summed E-state index contributed by atoms with van der Waals surface area (Å²) < 4.78 is 5.11. The highest BCUT2D eigenvalue weighted by molar-refractivity contribution is 6.09. The van der Waals surface area contributed by atoms with Gasteiger partial charge in [0.05, 0.1) is 6.42 Å². The third-order valence-electron chi connectivity index (χ3n) is 3.15. The van der Waals surface area contributed by atoms with Crippen LogP contribution in [0.1, 0.15) is 33.2 Å². The Morgan fingerprint density at radius 2 is 1.81 bits per heavy atom. The summed E-state index contributed by atoms with van der Waals surface area (Å²) in [7, 11) is 0. The van der Waals surface area contributed by atoms with Gasteiger partial charge in [0.25, 0.3) is 0 Å². The van der Waals surface area contributed by atoms with E-state index in [0.717, 1.165) is 5.56 Å². The maximum absolute atomic E-state index is 12.4. The van der Waals surface area contributed by atoms with E-state index in [0.29, 0.717) is 29.3 Å². The molecule has 2 aromatic carbocycles. The number of hydrogen-bond acceptors (Lipinski definition) is 4. The minimum absolute atomic E-state index is 0.0131. The molecule has 0 amide bonds. The zero-order chi connectivity index (χ0) is 14.7. The summed E-state index contributed by atoms with van der Waals surface area (Å²) in [5.74, 6) is 1.18. The number of ketones is 1. The Labute approximate surface area is 122 Å². The molecule has 0 spiro atoms. The summed E-state index contributed by atoms with van der Waals surface area (Å²) in [5.41, 5.74) is 2.32. The van der Waals surface area contributed by atoms with Gasteiger partial charge in [0, 0.05) is 11.1 Å². The number of rotatable bonds is 4. The Morgan fingerprint density at radius 3 is 2.52 bits per heavy atom. The van der Waals surface area contributed by atoms with E-state index in [9.17, 15) is 4.79 Å². The van der Waals surface area contributed by atoms with E-state index in [4.69, 9.17) is 4.52 Å². The van der Waals surface area contributed by atoms with Crippen LogP contribution in [-0.2, 0) is 6.42 Å². The van der Waals surface area contributed by atoms with Gasteiger partial charge in [-0.2, -0.15) is 4.98 Å². The average Bonchev–Trinajstić information content (AvgIpc) is 2.93. The average molecular weight is 278 g/mol. The van der Waals surface area contributed by atoms with Gasteiger partial charge in [0.15, 0.2) is 11.6 Å². The number of carbonyl (C=O) groups excluding carboxylic acids is 1. The topological polar surface area (TPSA) is 56.0 Å². The molecule has 4 heteroatoms. The van der Waals surface area contributed by atoms with Crippen molar-refractivity contribution in [3.8, 4) is 0 Å². The van der Waals surface area contributed by atoms with Gasteiger partial charge >= 0.3 is 0 Å². The van der Waals surface area contributed by atoms with Gasteiger partial charge in [-0.3, -0.25) is 4.79 Å². The quantitative estimate of drug-likeness (QED) is 0.688. The summed E-state index contributed by atoms with van der Waals surface area (Å²) >= 11 is 0. The van der Waals surface area contributed by atoms with Crippen LogP contribution in [0.2, 0.25) is 0 Å². The molecule has 3 rings (SSSR count). The van der Waals surface area contributed by atoms with Crippen molar-refractivity contribution in [2.75, 3.05) is 0 Å². The van der Waals surface area contributed by atoms with Gasteiger partial charge in [-0.15, -0.1) is 0 Å². The van der Waals surface area contributed by atoms with Gasteiger partial charge in [0.2, 0.25) is 5.89 Å². The molecule has 0 radical (unpaired) electrons. The Bertz CT molecular complexity index is 763. The maximum atomic E-state index is 12.4. The molecule has 0 unspecified atom stereocenters. The molecule has 1 aromatic heterocycles. The molecule has 21 heavy (non-hydrogen) atoms. The zero-order valence-electron chi connectivity index (χ0n) is 11.6. The van der Waals surface area contributed by atoms with Crippen LogP contribution in [0, 0.1) is 6.92 Å². The van der Waals surface area contributed by atoms with Crippen LogP contribution >= 0.6 is 0 Å². The fraction of sp³-hybridized carbons (Fsp3) is 0.118. The van der Waals surface area contributed by atoms with Crippen LogP contribution in [0.4, 0.5) is 0 Å². The standard InChI is InChI=1S/C17H14N2O2/c1-12-18-16(21-19-12)11-13-6-5-9-15(10-13)17(20)14-7-3-2-4-8-14/h2-10H,11H2,1H3. The van der Waals surface area contributed by atoms with Gasteiger partial charge in [-0.25, -0.2) is 0 Å².